The molecule has 0 radical (unpaired) electrons. The Morgan fingerprint density at radius 1 is 0.919 bits per heavy atom. The third-order valence-electron chi connectivity index (χ3n) is 4.79. The highest BCUT2D eigenvalue weighted by atomic mass is 35.5. The van der Waals surface area contributed by atoms with E-state index in [2.05, 4.69) is 15.8 Å². The molecule has 3 rings (SSSR count). The summed E-state index contributed by atoms with van der Waals surface area (Å²) < 4.78 is 33.8. The Balaban J connectivity index is 1.76. The maximum Gasteiger partial charge on any atom is 0.329 e. The van der Waals surface area contributed by atoms with Crippen LogP contribution in [0.25, 0.3) is 0 Å². The van der Waals surface area contributed by atoms with Crippen molar-refractivity contribution in [1.82, 2.24) is 15.0 Å². The number of hydrogen-bond acceptors (Lipinski definition) is 6. The number of hydrogen-bond donors (Lipinski definition) is 2. The summed E-state index contributed by atoms with van der Waals surface area (Å²) in [5.74, 6) is -1.16. The summed E-state index contributed by atoms with van der Waals surface area (Å²) in [5, 5.41) is 7.20. The molecule has 0 spiro atoms. The van der Waals surface area contributed by atoms with Gasteiger partial charge in [-0.15, -0.1) is 0 Å². The van der Waals surface area contributed by atoms with Gasteiger partial charge in [0.05, 0.1) is 17.7 Å². The van der Waals surface area contributed by atoms with Crippen LogP contribution in [-0.2, 0) is 32.7 Å². The fourth-order valence-electron chi connectivity index (χ4n) is 3.10. The zero-order valence-corrected chi connectivity index (χ0v) is 22.7. The molecule has 0 atom stereocenters. The first kappa shape index (κ1) is 28.4. The van der Waals surface area contributed by atoms with Crippen molar-refractivity contribution >= 4 is 51.3 Å². The van der Waals surface area contributed by atoms with Gasteiger partial charge in [0.25, 0.3) is 0 Å². The van der Waals surface area contributed by atoms with Crippen molar-refractivity contribution in [2.24, 2.45) is 5.10 Å². The van der Waals surface area contributed by atoms with Crippen LogP contribution in [0, 0.1) is 0 Å². The van der Waals surface area contributed by atoms with Crippen molar-refractivity contribution in [2.75, 3.05) is 0 Å². The Bertz CT molecular complexity index is 1380. The molecule has 2 aromatic carbocycles. The number of nitrogens with one attached hydrogen (secondary N) is 2. The lowest BCUT2D eigenvalue weighted by Gasteiger charge is -2.21. The van der Waals surface area contributed by atoms with Crippen molar-refractivity contribution in [3.63, 3.8) is 0 Å². The second-order valence-electron chi connectivity index (χ2n) is 9.06. The number of sulfonamides is 1. The number of amides is 2. The van der Waals surface area contributed by atoms with Crippen LogP contribution in [0.4, 0.5) is 0 Å². The SMILES string of the molecule is CC(C)(C)NC(=O)C(=O)N/N=C/c1ccc(CN(Cc2ccc(Cl)cc2)S(=O)(=O)c2ccc(Cl)cc2)o1. The van der Waals surface area contributed by atoms with E-state index >= 15 is 0 Å². The van der Waals surface area contributed by atoms with Crippen LogP contribution in [-0.4, -0.2) is 36.3 Å². The summed E-state index contributed by atoms with van der Waals surface area (Å²) >= 11 is 11.9. The molecular formula is C25H26Cl2N4O5S. The van der Waals surface area contributed by atoms with Crippen molar-refractivity contribution in [3.05, 3.63) is 87.8 Å². The Morgan fingerprint density at radius 3 is 2.11 bits per heavy atom. The summed E-state index contributed by atoms with van der Waals surface area (Å²) in [6.45, 7) is 5.21. The monoisotopic (exact) mass is 564 g/mol. The second-order valence-corrected chi connectivity index (χ2v) is 11.9. The van der Waals surface area contributed by atoms with E-state index in [1.165, 1.54) is 34.8 Å². The van der Waals surface area contributed by atoms with E-state index in [1.807, 2.05) is 0 Å². The highest BCUT2D eigenvalue weighted by Gasteiger charge is 2.26. The molecule has 1 aromatic heterocycles. The fourth-order valence-corrected chi connectivity index (χ4v) is 4.75. The van der Waals surface area contributed by atoms with E-state index in [-0.39, 0.29) is 23.7 Å². The third-order valence-corrected chi connectivity index (χ3v) is 7.10. The van der Waals surface area contributed by atoms with E-state index < -0.39 is 27.4 Å². The first-order chi connectivity index (χ1) is 17.3. The van der Waals surface area contributed by atoms with Crippen LogP contribution >= 0.6 is 23.2 Å². The molecule has 1 heterocycles. The minimum atomic E-state index is -3.92. The average Bonchev–Trinajstić information content (AvgIpc) is 3.26. The van der Waals surface area contributed by atoms with Crippen LogP contribution in [0.2, 0.25) is 10.0 Å². The fraction of sp³-hybridized carbons (Fsp3) is 0.240. The molecule has 2 amide bonds. The van der Waals surface area contributed by atoms with Crippen molar-refractivity contribution < 1.29 is 22.4 Å². The van der Waals surface area contributed by atoms with Gasteiger partial charge in [0.2, 0.25) is 10.0 Å². The molecule has 0 aliphatic carbocycles. The maximum absolute atomic E-state index is 13.4. The van der Waals surface area contributed by atoms with Crippen LogP contribution in [0.3, 0.4) is 0 Å². The Hall–Kier alpha value is -3.18. The summed E-state index contributed by atoms with van der Waals surface area (Å²) in [6, 6.07) is 15.9. The molecule has 3 aromatic rings. The van der Waals surface area contributed by atoms with Gasteiger partial charge in [-0.3, -0.25) is 9.59 Å². The van der Waals surface area contributed by atoms with E-state index in [1.54, 1.807) is 57.2 Å². The molecule has 0 bridgehead atoms. The third kappa shape index (κ3) is 8.43. The molecule has 37 heavy (non-hydrogen) atoms. The minimum absolute atomic E-state index is 0.0607. The van der Waals surface area contributed by atoms with Gasteiger partial charge in [0, 0.05) is 22.1 Å². The smallest absolute Gasteiger partial charge is 0.329 e. The summed E-state index contributed by atoms with van der Waals surface area (Å²) in [5.41, 5.74) is 2.28. The van der Waals surface area contributed by atoms with E-state index in [0.717, 1.165) is 5.56 Å². The molecule has 0 aliphatic rings. The van der Waals surface area contributed by atoms with E-state index in [0.29, 0.717) is 15.8 Å². The highest BCUT2D eigenvalue weighted by molar-refractivity contribution is 7.89. The second kappa shape index (κ2) is 11.9. The lowest BCUT2D eigenvalue weighted by atomic mass is 10.1. The summed E-state index contributed by atoms with van der Waals surface area (Å²) in [7, 11) is -3.92. The van der Waals surface area contributed by atoms with Crippen LogP contribution < -0.4 is 10.7 Å². The standard InChI is InChI=1S/C25H26Cl2N4O5S/c1-25(2,3)29-23(32)24(33)30-28-14-20-10-11-21(36-20)16-31(15-17-4-6-18(26)7-5-17)37(34,35)22-12-8-19(27)9-13-22/h4-14H,15-16H2,1-3H3,(H,29,32)(H,30,33)/b28-14+. The van der Waals surface area contributed by atoms with Crippen LogP contribution in [0.15, 0.2) is 75.1 Å². The van der Waals surface area contributed by atoms with Gasteiger partial charge in [-0.05, 0) is 74.9 Å². The number of halogens is 2. The number of rotatable bonds is 8. The average molecular weight is 565 g/mol. The van der Waals surface area contributed by atoms with Gasteiger partial charge in [-0.25, -0.2) is 13.8 Å². The van der Waals surface area contributed by atoms with E-state index in [9.17, 15) is 18.0 Å². The zero-order chi connectivity index (χ0) is 27.2. The molecule has 12 heteroatoms. The molecule has 0 saturated carbocycles. The molecule has 0 fully saturated rings. The predicted molar refractivity (Wildman–Crippen MR) is 142 cm³/mol. The minimum Gasteiger partial charge on any atom is -0.459 e. The number of nitrogens with zero attached hydrogens (tertiary/aromatic N) is 2. The van der Waals surface area contributed by atoms with Gasteiger partial charge >= 0.3 is 11.8 Å². The summed E-state index contributed by atoms with van der Waals surface area (Å²) in [4.78, 5) is 23.8. The topological polar surface area (TPSA) is 121 Å². The normalized spacial score (nSPS) is 12.2. The Labute approximate surface area is 225 Å². The first-order valence-corrected chi connectivity index (χ1v) is 13.3. The maximum atomic E-state index is 13.4. The predicted octanol–water partition coefficient (Wildman–Crippen LogP) is 4.34. The molecule has 0 aliphatic heterocycles. The quantitative estimate of drug-likeness (QED) is 0.239. The number of hydrazone groups is 1. The van der Waals surface area contributed by atoms with Gasteiger partial charge < -0.3 is 9.73 Å². The van der Waals surface area contributed by atoms with Crippen molar-refractivity contribution in [3.8, 4) is 0 Å². The van der Waals surface area contributed by atoms with Gasteiger partial charge in [0.1, 0.15) is 11.5 Å². The first-order valence-electron chi connectivity index (χ1n) is 11.1. The number of carbonyl (C=O) groups excluding carboxylic acids is 2. The van der Waals surface area contributed by atoms with E-state index in [4.69, 9.17) is 27.6 Å². The zero-order valence-electron chi connectivity index (χ0n) is 20.4. The number of furan rings is 1. The molecular weight excluding hydrogens is 539 g/mol. The largest absolute Gasteiger partial charge is 0.459 e. The van der Waals surface area contributed by atoms with Crippen LogP contribution in [0.5, 0.6) is 0 Å². The molecule has 196 valence electrons. The summed E-state index contributed by atoms with van der Waals surface area (Å²) in [6.07, 6.45) is 1.21. The van der Waals surface area contributed by atoms with Gasteiger partial charge in [0.15, 0.2) is 0 Å². The molecule has 2 N–H and O–H groups in total. The number of benzene rings is 2. The Morgan fingerprint density at radius 2 is 1.51 bits per heavy atom. The van der Waals surface area contributed by atoms with Crippen LogP contribution in [0.1, 0.15) is 37.9 Å². The van der Waals surface area contributed by atoms with Crippen molar-refractivity contribution in [2.45, 2.75) is 44.3 Å². The molecule has 0 saturated heterocycles. The number of carbonyl (C=O) groups is 2. The van der Waals surface area contributed by atoms with Gasteiger partial charge in [-0.1, -0.05) is 35.3 Å². The lowest BCUT2D eigenvalue weighted by molar-refractivity contribution is -0.140. The molecule has 9 nitrogen and oxygen atoms in total. The Kier molecular flexibility index (Phi) is 9.14. The highest BCUT2D eigenvalue weighted by Crippen LogP contribution is 2.24. The lowest BCUT2D eigenvalue weighted by Crippen LogP contribution is -2.47. The van der Waals surface area contributed by atoms with Gasteiger partial charge in [-0.2, -0.15) is 9.41 Å². The molecule has 0 unspecified atom stereocenters. The van der Waals surface area contributed by atoms with Crippen molar-refractivity contribution in [1.29, 1.82) is 0 Å².